The van der Waals surface area contributed by atoms with Gasteiger partial charge in [-0.05, 0) is 43.5 Å². The lowest BCUT2D eigenvalue weighted by molar-refractivity contribution is 0.192. The summed E-state index contributed by atoms with van der Waals surface area (Å²) < 4.78 is 1.74. The van der Waals surface area contributed by atoms with Crippen LogP contribution in [0.1, 0.15) is 30.0 Å². The lowest BCUT2D eigenvalue weighted by Crippen LogP contribution is -2.41. The number of aliphatic hydroxyl groups is 1. The number of urea groups is 1. The number of amides is 2. The zero-order chi connectivity index (χ0) is 17.8. The van der Waals surface area contributed by atoms with E-state index in [0.717, 1.165) is 36.3 Å². The lowest BCUT2D eigenvalue weighted by Gasteiger charge is -2.32. The maximum Gasteiger partial charge on any atom is 0.321 e. The third-order valence-corrected chi connectivity index (χ3v) is 5.04. The van der Waals surface area contributed by atoms with Gasteiger partial charge >= 0.3 is 6.03 Å². The summed E-state index contributed by atoms with van der Waals surface area (Å²) in [7, 11) is 0. The molecule has 3 rings (SSSR count). The Morgan fingerprint density at radius 3 is 3.08 bits per heavy atom. The van der Waals surface area contributed by atoms with Gasteiger partial charge in [-0.2, -0.15) is 5.10 Å². The Hall–Kier alpha value is -2.05. The molecule has 1 saturated heterocycles. The Morgan fingerprint density at radius 1 is 1.44 bits per heavy atom. The van der Waals surface area contributed by atoms with Crippen molar-refractivity contribution in [2.45, 2.75) is 32.2 Å². The van der Waals surface area contributed by atoms with Crippen LogP contribution in [-0.2, 0) is 6.54 Å². The van der Waals surface area contributed by atoms with Crippen molar-refractivity contribution in [3.63, 3.8) is 0 Å². The van der Waals surface area contributed by atoms with Crippen LogP contribution in [-0.4, -0.2) is 45.5 Å². The number of likely N-dealkylation sites (tertiary alicyclic amines) is 1. The van der Waals surface area contributed by atoms with Crippen molar-refractivity contribution < 1.29 is 9.90 Å². The standard InChI is InChI=1S/C18H23ClN4O2/c1-13-15(19)5-2-6-16(13)20-18(25)22-8-3-4-14(12-22)17-7-9-23(21-17)10-11-24/h2,5-7,9,14,24H,3-4,8,10-12H2,1H3,(H,20,25)/t14-/m0/s1. The number of benzene rings is 1. The van der Waals surface area contributed by atoms with Gasteiger partial charge in [-0.15, -0.1) is 0 Å². The summed E-state index contributed by atoms with van der Waals surface area (Å²) in [5, 5.41) is 17.1. The molecule has 0 bridgehead atoms. The fraction of sp³-hybridized carbons (Fsp3) is 0.444. The number of piperidine rings is 1. The van der Waals surface area contributed by atoms with Crippen LogP contribution in [0.25, 0.3) is 0 Å². The Bertz CT molecular complexity index is 746. The number of halogens is 1. The molecule has 0 saturated carbocycles. The number of carbonyl (C=O) groups excluding carboxylic acids is 1. The minimum atomic E-state index is -0.107. The molecule has 0 aliphatic carbocycles. The van der Waals surface area contributed by atoms with Gasteiger partial charge in [-0.3, -0.25) is 4.68 Å². The number of anilines is 1. The van der Waals surface area contributed by atoms with Gasteiger partial charge in [-0.25, -0.2) is 4.79 Å². The Labute approximate surface area is 152 Å². The zero-order valence-electron chi connectivity index (χ0n) is 14.3. The van der Waals surface area contributed by atoms with E-state index in [1.165, 1.54) is 0 Å². The van der Waals surface area contributed by atoms with Gasteiger partial charge in [0.25, 0.3) is 0 Å². The van der Waals surface area contributed by atoms with E-state index in [9.17, 15) is 4.79 Å². The molecule has 134 valence electrons. The molecule has 0 spiro atoms. The highest BCUT2D eigenvalue weighted by atomic mass is 35.5. The van der Waals surface area contributed by atoms with E-state index in [-0.39, 0.29) is 18.6 Å². The first-order chi connectivity index (χ1) is 12.1. The monoisotopic (exact) mass is 362 g/mol. The molecule has 2 N–H and O–H groups in total. The predicted molar refractivity (Wildman–Crippen MR) is 98.1 cm³/mol. The Morgan fingerprint density at radius 2 is 2.28 bits per heavy atom. The molecule has 6 nitrogen and oxygen atoms in total. The Balaban J connectivity index is 1.66. The van der Waals surface area contributed by atoms with Crippen LogP contribution in [0.4, 0.5) is 10.5 Å². The van der Waals surface area contributed by atoms with Gasteiger partial charge in [0.2, 0.25) is 0 Å². The van der Waals surface area contributed by atoms with E-state index in [4.69, 9.17) is 16.7 Å². The summed E-state index contributed by atoms with van der Waals surface area (Å²) in [6.07, 6.45) is 3.83. The average Bonchev–Trinajstić information content (AvgIpc) is 3.08. The van der Waals surface area contributed by atoms with E-state index in [1.807, 2.05) is 42.3 Å². The van der Waals surface area contributed by atoms with Crippen molar-refractivity contribution >= 4 is 23.3 Å². The third-order valence-electron chi connectivity index (χ3n) is 4.63. The fourth-order valence-corrected chi connectivity index (χ4v) is 3.34. The average molecular weight is 363 g/mol. The first-order valence-electron chi connectivity index (χ1n) is 8.53. The van der Waals surface area contributed by atoms with Gasteiger partial charge < -0.3 is 15.3 Å². The van der Waals surface area contributed by atoms with Crippen LogP contribution >= 0.6 is 11.6 Å². The van der Waals surface area contributed by atoms with Gasteiger partial charge in [0.05, 0.1) is 18.8 Å². The molecule has 2 amide bonds. The van der Waals surface area contributed by atoms with Crippen LogP contribution in [0.15, 0.2) is 30.5 Å². The van der Waals surface area contributed by atoms with Crippen molar-refractivity contribution in [1.82, 2.24) is 14.7 Å². The van der Waals surface area contributed by atoms with Crippen molar-refractivity contribution in [2.24, 2.45) is 0 Å². The van der Waals surface area contributed by atoms with Crippen molar-refractivity contribution in [3.8, 4) is 0 Å². The number of nitrogens with one attached hydrogen (secondary N) is 1. The molecule has 1 fully saturated rings. The van der Waals surface area contributed by atoms with E-state index in [0.29, 0.717) is 18.1 Å². The zero-order valence-corrected chi connectivity index (χ0v) is 15.0. The van der Waals surface area contributed by atoms with E-state index < -0.39 is 0 Å². The molecular weight excluding hydrogens is 340 g/mol. The molecule has 0 radical (unpaired) electrons. The number of nitrogens with zero attached hydrogens (tertiary/aromatic N) is 3. The smallest absolute Gasteiger partial charge is 0.321 e. The third kappa shape index (κ3) is 4.14. The molecule has 7 heteroatoms. The number of hydrogen-bond donors (Lipinski definition) is 2. The predicted octanol–water partition coefficient (Wildman–Crippen LogP) is 3.25. The highest BCUT2D eigenvalue weighted by Gasteiger charge is 2.26. The Kier molecular flexibility index (Phi) is 5.60. The molecule has 25 heavy (non-hydrogen) atoms. The van der Waals surface area contributed by atoms with Gasteiger partial charge in [0, 0.05) is 35.9 Å². The number of aliphatic hydroxyl groups excluding tert-OH is 1. The number of rotatable bonds is 4. The van der Waals surface area contributed by atoms with Crippen LogP contribution in [0.3, 0.4) is 0 Å². The molecule has 1 aromatic heterocycles. The number of carbonyl (C=O) groups is 1. The SMILES string of the molecule is Cc1c(Cl)cccc1NC(=O)N1CCC[C@H](c2ccn(CCO)n2)C1. The maximum absolute atomic E-state index is 12.6. The van der Waals surface area contributed by atoms with E-state index in [1.54, 1.807) is 4.68 Å². The summed E-state index contributed by atoms with van der Waals surface area (Å²) in [5.74, 6) is 0.222. The largest absolute Gasteiger partial charge is 0.394 e. The second kappa shape index (κ2) is 7.89. The first-order valence-corrected chi connectivity index (χ1v) is 8.91. The molecule has 2 aromatic rings. The summed E-state index contributed by atoms with van der Waals surface area (Å²) in [5.41, 5.74) is 2.59. The molecule has 1 aliphatic rings. The van der Waals surface area contributed by atoms with Crippen molar-refractivity contribution in [1.29, 1.82) is 0 Å². The molecule has 0 unspecified atom stereocenters. The van der Waals surface area contributed by atoms with Crippen molar-refractivity contribution in [3.05, 3.63) is 46.7 Å². The summed E-state index contributed by atoms with van der Waals surface area (Å²) in [6.45, 7) is 3.83. The fourth-order valence-electron chi connectivity index (χ4n) is 3.16. The normalized spacial score (nSPS) is 17.6. The quantitative estimate of drug-likeness (QED) is 0.877. The number of hydrogen-bond acceptors (Lipinski definition) is 3. The number of aromatic nitrogens is 2. The second-order valence-corrected chi connectivity index (χ2v) is 6.76. The molecule has 1 aromatic carbocycles. The second-order valence-electron chi connectivity index (χ2n) is 6.35. The van der Waals surface area contributed by atoms with Crippen LogP contribution < -0.4 is 5.32 Å². The highest BCUT2D eigenvalue weighted by Crippen LogP contribution is 2.27. The first kappa shape index (κ1) is 17.8. The topological polar surface area (TPSA) is 70.4 Å². The van der Waals surface area contributed by atoms with Crippen LogP contribution in [0.5, 0.6) is 0 Å². The molecule has 1 aliphatic heterocycles. The van der Waals surface area contributed by atoms with Crippen LogP contribution in [0, 0.1) is 6.92 Å². The summed E-state index contributed by atoms with van der Waals surface area (Å²) in [4.78, 5) is 14.5. The summed E-state index contributed by atoms with van der Waals surface area (Å²) in [6, 6.07) is 7.37. The summed E-state index contributed by atoms with van der Waals surface area (Å²) >= 11 is 6.12. The van der Waals surface area contributed by atoms with Gasteiger partial charge in [-0.1, -0.05) is 17.7 Å². The molecule has 1 atom stereocenters. The lowest BCUT2D eigenvalue weighted by atomic mass is 9.95. The van der Waals surface area contributed by atoms with E-state index >= 15 is 0 Å². The van der Waals surface area contributed by atoms with E-state index in [2.05, 4.69) is 10.4 Å². The molecule has 2 heterocycles. The maximum atomic E-state index is 12.6. The van der Waals surface area contributed by atoms with Gasteiger partial charge in [0.1, 0.15) is 0 Å². The van der Waals surface area contributed by atoms with Gasteiger partial charge in [0.15, 0.2) is 0 Å². The van der Waals surface area contributed by atoms with Crippen molar-refractivity contribution in [2.75, 3.05) is 25.0 Å². The highest BCUT2D eigenvalue weighted by molar-refractivity contribution is 6.31. The molecular formula is C18H23ClN4O2. The van der Waals surface area contributed by atoms with Crippen LogP contribution in [0.2, 0.25) is 5.02 Å². The minimum absolute atomic E-state index is 0.0688. The minimum Gasteiger partial charge on any atom is -0.394 e.